The molecule has 0 spiro atoms. The van der Waals surface area contributed by atoms with Gasteiger partial charge in [-0.3, -0.25) is 4.79 Å². The van der Waals surface area contributed by atoms with Gasteiger partial charge in [0, 0.05) is 24.9 Å². The molecular weight excluding hydrogens is 326 g/mol. The summed E-state index contributed by atoms with van der Waals surface area (Å²) in [7, 11) is 1.09. The molecule has 1 unspecified atom stereocenters. The number of carboxylic acids is 1. The van der Waals surface area contributed by atoms with Gasteiger partial charge in [0.1, 0.15) is 24.0 Å². The number of rotatable bonds is 9. The summed E-state index contributed by atoms with van der Waals surface area (Å²) in [6.07, 6.45) is -4.73. The van der Waals surface area contributed by atoms with Crippen LogP contribution in [-0.2, 0) is 19.1 Å². The van der Waals surface area contributed by atoms with Gasteiger partial charge in [0.05, 0.1) is 19.3 Å². The van der Waals surface area contributed by atoms with Crippen LogP contribution in [0.1, 0.15) is 19.3 Å². The van der Waals surface area contributed by atoms with Gasteiger partial charge in [0.25, 0.3) is 0 Å². The van der Waals surface area contributed by atoms with Gasteiger partial charge in [-0.2, -0.15) is 0 Å². The summed E-state index contributed by atoms with van der Waals surface area (Å²) in [4.78, 5) is 25.5. The highest BCUT2D eigenvalue weighted by molar-refractivity contribution is 5.81. The topological polar surface area (TPSA) is 185 Å². The number of carbonyl (C=O) groups is 2. The van der Waals surface area contributed by atoms with Crippen molar-refractivity contribution in [3.8, 4) is 0 Å². The van der Waals surface area contributed by atoms with Crippen LogP contribution in [0.2, 0.25) is 0 Å². The van der Waals surface area contributed by atoms with Crippen LogP contribution in [0.5, 0.6) is 0 Å². The Morgan fingerprint density at radius 3 is 2.71 bits per heavy atom. The first-order valence-electron chi connectivity index (χ1n) is 7.25. The lowest BCUT2D eigenvalue weighted by atomic mass is 9.82. The second kappa shape index (κ2) is 8.92. The maximum absolute atomic E-state index is 11.8. The molecule has 0 radical (unpaired) electrons. The third-order valence-corrected chi connectivity index (χ3v) is 3.99. The van der Waals surface area contributed by atoms with E-state index in [2.05, 4.69) is 10.0 Å². The summed E-state index contributed by atoms with van der Waals surface area (Å²) in [6.45, 7) is -1.18. The molecule has 0 aliphatic carbocycles. The van der Waals surface area contributed by atoms with E-state index in [-0.39, 0.29) is 19.3 Å². The van der Waals surface area contributed by atoms with Crippen molar-refractivity contribution in [3.63, 3.8) is 0 Å². The number of nitrogens with zero attached hydrogens (tertiary/aromatic N) is 3. The second-order valence-electron chi connectivity index (χ2n) is 5.50. The van der Waals surface area contributed by atoms with Crippen LogP contribution in [-0.4, -0.2) is 71.4 Å². The number of carbonyl (C=O) groups excluding carboxylic acids is 2. The Kier molecular flexibility index (Phi) is 7.55. The van der Waals surface area contributed by atoms with Gasteiger partial charge in [-0.1, -0.05) is 5.11 Å². The highest BCUT2D eigenvalue weighted by atomic mass is 16.7. The molecule has 0 aromatic carbocycles. The molecule has 0 amide bonds. The number of azide groups is 1. The molecule has 1 fully saturated rings. The summed E-state index contributed by atoms with van der Waals surface area (Å²) in [5, 5.41) is 43.2. The predicted octanol–water partition coefficient (Wildman–Crippen LogP) is -2.14. The van der Waals surface area contributed by atoms with Crippen LogP contribution >= 0.6 is 0 Å². The van der Waals surface area contributed by atoms with Crippen molar-refractivity contribution in [2.24, 2.45) is 11.0 Å². The second-order valence-corrected chi connectivity index (χ2v) is 5.50. The molecule has 11 heteroatoms. The molecule has 0 aromatic rings. The average Bonchev–Trinajstić information content (AvgIpc) is 2.58. The third kappa shape index (κ3) is 4.63. The van der Waals surface area contributed by atoms with Crippen LogP contribution < -0.4 is 5.11 Å². The standard InChI is InChI=1S/C13H21N3O8/c1-23-13(12(21)22)3-2-7(4-8(18)5-15-16-14)11(24-13)10(20)9(19)6-17/h7,9-11,17,19-20H,2-6H2,1H3,(H,21,22)/p-1/t7-,9+,10+,11?,13+/m0/s1. The van der Waals surface area contributed by atoms with Crippen LogP contribution in [0, 0.1) is 5.92 Å². The lowest BCUT2D eigenvalue weighted by Crippen LogP contribution is -2.61. The molecule has 1 rings (SSSR count). The highest BCUT2D eigenvalue weighted by Gasteiger charge is 2.47. The summed E-state index contributed by atoms with van der Waals surface area (Å²) >= 11 is 0. The number of aliphatic hydroxyl groups is 3. The molecule has 3 N–H and O–H groups in total. The van der Waals surface area contributed by atoms with E-state index in [0.717, 1.165) is 7.11 Å². The number of Topliss-reactive ketones (excluding diaryl/α,β-unsaturated/α-hetero) is 1. The maximum Gasteiger partial charge on any atom is 0.209 e. The van der Waals surface area contributed by atoms with E-state index in [1.54, 1.807) is 0 Å². The largest absolute Gasteiger partial charge is 0.544 e. The van der Waals surface area contributed by atoms with E-state index in [1.165, 1.54) is 0 Å². The number of methoxy groups -OCH3 is 1. The maximum atomic E-state index is 11.8. The summed E-state index contributed by atoms with van der Waals surface area (Å²) in [5.41, 5.74) is 8.22. The van der Waals surface area contributed by atoms with Crippen LogP contribution in [0.25, 0.3) is 10.4 Å². The first-order chi connectivity index (χ1) is 11.3. The number of aliphatic carboxylic acids is 1. The Bertz CT molecular complexity index is 509. The number of aliphatic hydroxyl groups excluding tert-OH is 3. The van der Waals surface area contributed by atoms with Crippen molar-refractivity contribution in [1.82, 2.24) is 0 Å². The Hall–Kier alpha value is -1.75. The van der Waals surface area contributed by atoms with Gasteiger partial charge in [-0.05, 0) is 17.9 Å². The van der Waals surface area contributed by atoms with E-state index in [1.807, 2.05) is 0 Å². The molecule has 0 aromatic heterocycles. The monoisotopic (exact) mass is 346 g/mol. The lowest BCUT2D eigenvalue weighted by Gasteiger charge is -2.46. The molecule has 1 heterocycles. The van der Waals surface area contributed by atoms with E-state index in [9.17, 15) is 24.9 Å². The fourth-order valence-electron chi connectivity index (χ4n) is 2.66. The Labute approximate surface area is 137 Å². The molecule has 5 atom stereocenters. The van der Waals surface area contributed by atoms with E-state index in [0.29, 0.717) is 0 Å². The normalized spacial score (nSPS) is 29.3. The van der Waals surface area contributed by atoms with Crippen LogP contribution in [0.15, 0.2) is 5.11 Å². The van der Waals surface area contributed by atoms with Gasteiger partial charge in [-0.15, -0.1) is 0 Å². The Balaban J connectivity index is 2.99. The predicted molar refractivity (Wildman–Crippen MR) is 75.1 cm³/mol. The molecule has 24 heavy (non-hydrogen) atoms. The molecule has 0 saturated carbocycles. The fourth-order valence-corrected chi connectivity index (χ4v) is 2.66. The minimum absolute atomic E-state index is 0.115. The zero-order valence-corrected chi connectivity index (χ0v) is 13.1. The van der Waals surface area contributed by atoms with Crippen molar-refractivity contribution in [3.05, 3.63) is 10.4 Å². The van der Waals surface area contributed by atoms with Gasteiger partial charge in [0.15, 0.2) is 0 Å². The number of ketones is 1. The summed E-state index contributed by atoms with van der Waals surface area (Å²) < 4.78 is 10.2. The highest BCUT2D eigenvalue weighted by Crippen LogP contribution is 2.37. The Morgan fingerprint density at radius 2 is 2.21 bits per heavy atom. The average molecular weight is 346 g/mol. The van der Waals surface area contributed by atoms with Crippen molar-refractivity contribution in [1.29, 1.82) is 0 Å². The number of ether oxygens (including phenoxy) is 2. The van der Waals surface area contributed by atoms with Gasteiger partial charge < -0.3 is 34.7 Å². The quantitative estimate of drug-likeness (QED) is 0.240. The molecule has 0 bridgehead atoms. The van der Waals surface area contributed by atoms with Crippen LogP contribution in [0.4, 0.5) is 0 Å². The first kappa shape index (κ1) is 20.3. The SMILES string of the molecule is CO[C@]1(C(=O)[O-])CC[C@@H](CC(=O)CN=[N+]=[N-])C([C@H](O)[C@H](O)CO)O1. The minimum Gasteiger partial charge on any atom is -0.544 e. The van der Waals surface area contributed by atoms with Crippen molar-refractivity contribution >= 4 is 11.8 Å². The molecule has 1 saturated heterocycles. The van der Waals surface area contributed by atoms with E-state index in [4.69, 9.17) is 20.1 Å². The van der Waals surface area contributed by atoms with E-state index >= 15 is 0 Å². The molecular formula is C13H20N3O8-. The van der Waals surface area contributed by atoms with Crippen molar-refractivity contribution in [2.45, 2.75) is 43.4 Å². The molecule has 136 valence electrons. The zero-order chi connectivity index (χ0) is 18.3. The number of carboxylic acid groups (broad SMARTS) is 1. The lowest BCUT2D eigenvalue weighted by molar-refractivity contribution is -0.375. The zero-order valence-electron chi connectivity index (χ0n) is 13.1. The third-order valence-electron chi connectivity index (χ3n) is 3.99. The molecule has 1 aliphatic rings. The van der Waals surface area contributed by atoms with Gasteiger partial charge in [0.2, 0.25) is 5.79 Å². The molecule has 11 nitrogen and oxygen atoms in total. The van der Waals surface area contributed by atoms with Gasteiger partial charge in [-0.25, -0.2) is 0 Å². The van der Waals surface area contributed by atoms with Gasteiger partial charge >= 0.3 is 0 Å². The van der Waals surface area contributed by atoms with Crippen LogP contribution in [0.3, 0.4) is 0 Å². The van der Waals surface area contributed by atoms with E-state index < -0.39 is 54.9 Å². The number of hydrogen-bond donors (Lipinski definition) is 3. The first-order valence-corrected chi connectivity index (χ1v) is 7.25. The smallest absolute Gasteiger partial charge is 0.209 e. The fraction of sp³-hybridized carbons (Fsp3) is 0.846. The molecule has 1 aliphatic heterocycles. The van der Waals surface area contributed by atoms with Crippen molar-refractivity contribution in [2.75, 3.05) is 20.3 Å². The summed E-state index contributed by atoms with van der Waals surface area (Å²) in [5.74, 6) is -4.87. The summed E-state index contributed by atoms with van der Waals surface area (Å²) in [6, 6.07) is 0. The number of hydrogen-bond acceptors (Lipinski definition) is 9. The Morgan fingerprint density at radius 1 is 1.54 bits per heavy atom. The minimum atomic E-state index is -2.12. The van der Waals surface area contributed by atoms with Crippen molar-refractivity contribution < 1.29 is 39.5 Å².